The molecule has 107 heavy (non-hydrogen) atoms. The minimum atomic E-state index is -4.46. The average Bonchev–Trinajstić information content (AvgIpc) is 1.44. The minimum Gasteiger partial charge on any atom is -0.461 e. The highest BCUT2D eigenvalue weighted by molar-refractivity contribution is 7.88. The molecule has 0 fully saturated rings. The van der Waals surface area contributed by atoms with E-state index in [4.69, 9.17) is 44.6 Å². The molecule has 4 atom stereocenters. The largest absolute Gasteiger partial charge is 0.461 e. The molecule has 3 unspecified atom stereocenters. The minimum absolute atomic E-state index is 0.000285. The highest BCUT2D eigenvalue weighted by Crippen LogP contribution is 2.16. The van der Waals surface area contributed by atoms with Crippen LogP contribution in [0.5, 0.6) is 0 Å². The van der Waals surface area contributed by atoms with Crippen LogP contribution in [0.4, 0.5) is 40.1 Å². The highest BCUT2D eigenvalue weighted by atomic mass is 32.2. The molecule has 15 N–H and O–H groups in total. The van der Waals surface area contributed by atoms with E-state index >= 15 is 0 Å². The Kier molecular flexibility index (Phi) is 42.0. The van der Waals surface area contributed by atoms with Crippen molar-refractivity contribution in [2.75, 3.05) is 96.1 Å². The third-order valence-corrected chi connectivity index (χ3v) is 16.2. The number of anilines is 2. The molecule has 1 aliphatic rings. The first kappa shape index (κ1) is 90.3. The van der Waals surface area contributed by atoms with E-state index in [9.17, 15) is 80.3 Å². The van der Waals surface area contributed by atoms with Crippen molar-refractivity contribution in [1.82, 2.24) is 56.5 Å². The van der Waals surface area contributed by atoms with Crippen molar-refractivity contribution in [2.45, 2.75) is 150 Å². The number of nitrogens with one attached hydrogen (secondary N) is 11. The van der Waals surface area contributed by atoms with E-state index in [1.165, 1.54) is 12.2 Å². The molecule has 0 radical (unpaired) electrons. The lowest BCUT2D eigenvalue weighted by Crippen LogP contribution is -2.55. The van der Waals surface area contributed by atoms with E-state index in [-0.39, 0.29) is 135 Å². The van der Waals surface area contributed by atoms with Gasteiger partial charge in [-0.05, 0) is 92.2 Å². The summed E-state index contributed by atoms with van der Waals surface area (Å²) in [6, 6.07) is 6.01. The molecule has 2 aromatic carbocycles. The second-order valence-electron chi connectivity index (χ2n) is 24.4. The number of ether oxygens (including phenoxy) is 7. The van der Waals surface area contributed by atoms with Gasteiger partial charge in [-0.25, -0.2) is 33.5 Å². The Morgan fingerprint density at radius 2 is 0.944 bits per heavy atom. The molecule has 0 aliphatic carbocycles. The van der Waals surface area contributed by atoms with E-state index in [0.717, 1.165) is 9.80 Å². The number of unbranched alkanes of at least 4 members (excludes halogenated alkanes) is 2. The number of nitrogens with zero attached hydrogens (tertiary/aromatic N) is 2. The fourth-order valence-electron chi connectivity index (χ4n) is 9.40. The molecule has 3 rings (SSSR count). The van der Waals surface area contributed by atoms with E-state index < -0.39 is 151 Å². The predicted molar refractivity (Wildman–Crippen MR) is 381 cm³/mol. The van der Waals surface area contributed by atoms with Gasteiger partial charge >= 0.3 is 58.6 Å². The van der Waals surface area contributed by atoms with Gasteiger partial charge in [0.1, 0.15) is 57.2 Å². The van der Waals surface area contributed by atoms with Crippen molar-refractivity contribution in [1.29, 1.82) is 0 Å². The van der Waals surface area contributed by atoms with Crippen LogP contribution >= 0.6 is 0 Å². The third-order valence-electron chi connectivity index (χ3n) is 15.2. The van der Waals surface area contributed by atoms with Crippen LogP contribution in [-0.2, 0) is 99.7 Å². The Bertz CT molecular complexity index is 3270. The molecule has 0 bridgehead atoms. The number of hydrogen-bond acceptors (Lipinski definition) is 24. The average molecular weight is 1530 g/mol. The zero-order chi connectivity index (χ0) is 79.3. The lowest BCUT2D eigenvalue weighted by atomic mass is 10.0. The van der Waals surface area contributed by atoms with Crippen molar-refractivity contribution in [3.8, 4) is 0 Å². The molecule has 0 saturated heterocycles. The third kappa shape index (κ3) is 38.6. The van der Waals surface area contributed by atoms with Crippen molar-refractivity contribution in [2.24, 2.45) is 23.3 Å². The first-order valence-corrected chi connectivity index (χ1v) is 36.3. The lowest BCUT2D eigenvalue weighted by molar-refractivity contribution is -0.145. The van der Waals surface area contributed by atoms with Crippen LogP contribution in [-0.4, -0.2) is 218 Å². The molecule has 1 aliphatic heterocycles. The number of alkyl carbamates (subject to hydrolysis) is 2. The number of urea groups is 2. The molecular weight excluding hydrogens is 1430 g/mol. The fourth-order valence-corrected chi connectivity index (χ4v) is 10.1. The summed E-state index contributed by atoms with van der Waals surface area (Å²) in [5.74, 6) is -6.02. The summed E-state index contributed by atoms with van der Waals surface area (Å²) in [7, 11) is -4.46. The van der Waals surface area contributed by atoms with E-state index in [0.29, 0.717) is 41.8 Å². The molecule has 0 saturated carbocycles. The normalized spacial score (nSPS) is 12.8. The number of amides is 15. The Hall–Kier alpha value is -10.9. The zero-order valence-corrected chi connectivity index (χ0v) is 61.7. The molecule has 39 nitrogen and oxygen atoms in total. The smallest absolute Gasteiger partial charge is 0.421 e. The molecule has 15 amide bonds. The van der Waals surface area contributed by atoms with E-state index in [1.807, 2.05) is 0 Å². The zero-order valence-electron chi connectivity index (χ0n) is 60.9. The number of imide groups is 1. The van der Waals surface area contributed by atoms with Gasteiger partial charge in [0.05, 0.1) is 32.9 Å². The maximum absolute atomic E-state index is 13.9. The van der Waals surface area contributed by atoms with Crippen LogP contribution in [0.3, 0.4) is 0 Å². The Morgan fingerprint density at radius 1 is 0.486 bits per heavy atom. The van der Waals surface area contributed by atoms with E-state index in [2.05, 4.69) is 52.6 Å². The van der Waals surface area contributed by atoms with Crippen molar-refractivity contribution in [3.63, 3.8) is 0 Å². The van der Waals surface area contributed by atoms with Gasteiger partial charge in [0, 0.05) is 75.5 Å². The summed E-state index contributed by atoms with van der Waals surface area (Å²) in [4.78, 5) is 191. The summed E-state index contributed by atoms with van der Waals surface area (Å²) >= 11 is 0. The fraction of sp³-hybridized carbons (Fsp3) is 0.567. The second kappa shape index (κ2) is 49.8. The monoisotopic (exact) mass is 1530 g/mol. The highest BCUT2D eigenvalue weighted by Gasteiger charge is 2.32. The van der Waals surface area contributed by atoms with Gasteiger partial charge in [-0.3, -0.25) is 48.1 Å². The Balaban J connectivity index is 1.64. The summed E-state index contributed by atoms with van der Waals surface area (Å²) in [5, 5.41) is 23.1. The van der Waals surface area contributed by atoms with Crippen LogP contribution in [0.25, 0.3) is 0 Å². The number of primary amides is 2. The first-order valence-electron chi connectivity index (χ1n) is 34.8. The SMILES string of the molecule is CCC(=O)OCc1ccc(NC(=O)C(CCCNC(N)=O)NC(=O)C(NC(=O)OCCN(CCOC(=O)N[C@H](C(=O)NC(CCCNC(N)=O)C(=O)Nc2ccc(COC(=O)CC)cc2)C(C)C)C(=O)OCCOCCNS(=O)(=O)NC(=O)OCCCNC(=O)CCCCCN2C(=O)C=CC2=O)C(C)C)cc1. The van der Waals surface area contributed by atoms with Crippen LogP contribution in [0.15, 0.2) is 60.7 Å². The Labute approximate surface area is 619 Å². The van der Waals surface area contributed by atoms with Gasteiger partial charge in [-0.2, -0.15) is 13.1 Å². The van der Waals surface area contributed by atoms with Crippen molar-refractivity contribution >= 4 is 111 Å². The summed E-state index contributed by atoms with van der Waals surface area (Å²) < 4.78 is 65.5. The number of carbonyl (C=O) groups is 15. The topological polar surface area (TPSA) is 546 Å². The number of hydrogen-bond donors (Lipinski definition) is 13. The van der Waals surface area contributed by atoms with Gasteiger partial charge in [0.2, 0.25) is 29.5 Å². The first-order chi connectivity index (χ1) is 50.9. The van der Waals surface area contributed by atoms with Crippen LogP contribution < -0.4 is 68.8 Å². The van der Waals surface area contributed by atoms with Crippen LogP contribution in [0.2, 0.25) is 0 Å². The van der Waals surface area contributed by atoms with Gasteiger partial charge in [0.15, 0.2) is 0 Å². The number of carbonyl (C=O) groups excluding carboxylic acids is 15. The van der Waals surface area contributed by atoms with Crippen LogP contribution in [0.1, 0.15) is 123 Å². The molecule has 594 valence electrons. The van der Waals surface area contributed by atoms with Crippen LogP contribution in [0, 0.1) is 11.8 Å². The molecule has 40 heteroatoms. The number of nitrogens with two attached hydrogens (primary N) is 2. The van der Waals surface area contributed by atoms with E-state index in [1.54, 1.807) is 94.8 Å². The van der Waals surface area contributed by atoms with Crippen molar-refractivity contribution in [3.05, 3.63) is 71.8 Å². The molecule has 0 aromatic heterocycles. The number of esters is 2. The molecule has 2 aromatic rings. The van der Waals surface area contributed by atoms with Gasteiger partial charge < -0.3 is 97.4 Å². The van der Waals surface area contributed by atoms with Gasteiger partial charge in [-0.15, -0.1) is 0 Å². The van der Waals surface area contributed by atoms with Crippen molar-refractivity contribution < 1.29 is 113 Å². The van der Waals surface area contributed by atoms with Gasteiger partial charge in [0.25, 0.3) is 11.8 Å². The number of rotatable bonds is 50. The molecule has 1 heterocycles. The standard InChI is InChI=1S/C67H101N15O24S/c1-7-54(86)105-41-45-18-22-47(23-19-45)74-58(88)49(15-12-28-71-62(68)92)76-60(90)56(43(3)4)78-64(94)102-37-33-81(67(97)104-40-39-100-36-31-73-107(98,99)80-66(96)101-35-14-30-70-51(83)17-10-9-11-32-82-52(84)26-27-53(82)85)34-38-103-65(95)79-57(44(5)6)61(91)77-50(16-13-29-72-63(69)93)59(89)75-48-24-20-46(21-25-48)42-106-55(87)8-2/h18-27,43-44,49-50,56-57,73H,7-17,28-42H2,1-6H3,(H,70,83)(H,74,88)(H,75,89)(H,76,90)(H,77,91)(H,78,94)(H,79,95)(H,80,96)(H3,68,71,92)(H3,69,72,93)/t49?,50?,56-,57?/m0/s1. The molecular formula is C67H101N15O24S. The Morgan fingerprint density at radius 3 is 1.39 bits per heavy atom. The second-order valence-corrected chi connectivity index (χ2v) is 25.9. The summed E-state index contributed by atoms with van der Waals surface area (Å²) in [6.45, 7) is 6.40. The predicted octanol–water partition coefficient (Wildman–Crippen LogP) is 1.55. The quantitative estimate of drug-likeness (QED) is 0.0193. The number of benzene rings is 2. The summed E-state index contributed by atoms with van der Waals surface area (Å²) in [5.41, 5.74) is 12.4. The maximum Gasteiger partial charge on any atom is 0.421 e. The molecule has 0 spiro atoms. The lowest BCUT2D eigenvalue weighted by Gasteiger charge is -2.26. The van der Waals surface area contributed by atoms with Gasteiger partial charge in [-0.1, -0.05) is 72.2 Å². The maximum atomic E-state index is 13.9. The summed E-state index contributed by atoms with van der Waals surface area (Å²) in [6.07, 6.45) is 0.356.